The van der Waals surface area contributed by atoms with Crippen LogP contribution in [0.2, 0.25) is 5.02 Å². The van der Waals surface area contributed by atoms with E-state index in [1.165, 1.54) is 37.6 Å². The smallest absolute Gasteiger partial charge is 0.417 e. The molecule has 2 amide bonds. The summed E-state index contributed by atoms with van der Waals surface area (Å²) in [5.41, 5.74) is 2.26. The summed E-state index contributed by atoms with van der Waals surface area (Å²) in [7, 11) is -3.01. The monoisotopic (exact) mass is 688 g/mol. The number of sulfonamides is 1. The fraction of sp³-hybridized carbons (Fsp3) is 0.156. The molecule has 0 aromatic heterocycles. The number of alkyl halides is 3. The molecule has 0 fully saturated rings. The second kappa shape index (κ2) is 15.0. The van der Waals surface area contributed by atoms with Crippen LogP contribution in [-0.2, 0) is 25.8 Å². The minimum atomic E-state index is -4.87. The van der Waals surface area contributed by atoms with Gasteiger partial charge in [-0.3, -0.25) is 13.9 Å². The van der Waals surface area contributed by atoms with Crippen LogP contribution in [-0.4, -0.2) is 46.7 Å². The van der Waals surface area contributed by atoms with Crippen LogP contribution in [0.5, 0.6) is 11.5 Å². The Kier molecular flexibility index (Phi) is 11.1. The molecule has 47 heavy (non-hydrogen) atoms. The number of methoxy groups -OCH3 is 1. The highest BCUT2D eigenvalue weighted by molar-refractivity contribution is 7.92. The Balaban J connectivity index is 1.42. The second-order valence-corrected chi connectivity index (χ2v) is 12.2. The number of nitrogens with zero attached hydrogens (tertiary/aromatic N) is 2. The molecule has 0 radical (unpaired) electrons. The third kappa shape index (κ3) is 9.24. The largest absolute Gasteiger partial charge is 0.495 e. The maximum atomic E-state index is 13.6. The Morgan fingerprint density at radius 3 is 2.30 bits per heavy atom. The number of ether oxygens (including phenoxy) is 2. The highest BCUT2D eigenvalue weighted by Crippen LogP contribution is 2.38. The number of nitrogens with one attached hydrogen (secondary N) is 2. The molecule has 0 aliphatic rings. The molecule has 4 aromatic rings. The zero-order valence-corrected chi connectivity index (χ0v) is 26.5. The van der Waals surface area contributed by atoms with E-state index in [1.807, 2.05) is 0 Å². The van der Waals surface area contributed by atoms with Gasteiger partial charge < -0.3 is 14.8 Å². The third-order valence-corrected chi connectivity index (χ3v) is 8.59. The number of hydrogen-bond acceptors (Lipinski definition) is 7. The van der Waals surface area contributed by atoms with E-state index in [2.05, 4.69) is 15.8 Å². The fourth-order valence-corrected chi connectivity index (χ4v) is 5.75. The summed E-state index contributed by atoms with van der Waals surface area (Å²) in [5, 5.41) is 5.89. The maximum Gasteiger partial charge on any atom is 0.417 e. The molecule has 0 heterocycles. The van der Waals surface area contributed by atoms with Crippen LogP contribution in [0.3, 0.4) is 0 Å². The van der Waals surface area contributed by atoms with Crippen LogP contribution in [0.15, 0.2) is 101 Å². The van der Waals surface area contributed by atoms with Gasteiger partial charge >= 0.3 is 6.18 Å². The highest BCUT2D eigenvalue weighted by atomic mass is 35.5. The van der Waals surface area contributed by atoms with Gasteiger partial charge in [-0.1, -0.05) is 41.4 Å². The van der Waals surface area contributed by atoms with E-state index in [-0.39, 0.29) is 11.5 Å². The molecule has 0 unspecified atom stereocenters. The first-order valence-corrected chi connectivity index (χ1v) is 15.5. The van der Waals surface area contributed by atoms with Crippen molar-refractivity contribution in [1.82, 2.24) is 5.43 Å². The van der Waals surface area contributed by atoms with Gasteiger partial charge in [0, 0.05) is 0 Å². The predicted octanol–water partition coefficient (Wildman–Crippen LogP) is 6.04. The van der Waals surface area contributed by atoms with E-state index in [9.17, 15) is 31.2 Å². The van der Waals surface area contributed by atoms with Crippen molar-refractivity contribution in [2.45, 2.75) is 18.0 Å². The van der Waals surface area contributed by atoms with Crippen LogP contribution >= 0.6 is 11.6 Å². The first kappa shape index (κ1) is 34.8. The van der Waals surface area contributed by atoms with Crippen molar-refractivity contribution in [3.63, 3.8) is 0 Å². The van der Waals surface area contributed by atoms with Crippen molar-refractivity contribution in [2.75, 3.05) is 29.9 Å². The topological polar surface area (TPSA) is 126 Å². The predicted molar refractivity (Wildman–Crippen MR) is 171 cm³/mol. The molecule has 246 valence electrons. The van der Waals surface area contributed by atoms with E-state index >= 15 is 0 Å². The number of carbonyl (C=O) groups is 2. The molecule has 0 atom stereocenters. The summed E-state index contributed by atoms with van der Waals surface area (Å²) in [5.74, 6) is -0.465. The van der Waals surface area contributed by atoms with E-state index < -0.39 is 50.8 Å². The number of rotatable bonds is 12. The van der Waals surface area contributed by atoms with Gasteiger partial charge in [0.2, 0.25) is 0 Å². The maximum absolute atomic E-state index is 13.6. The lowest BCUT2D eigenvalue weighted by Crippen LogP contribution is -2.39. The molecule has 2 N–H and O–H groups in total. The molecule has 4 rings (SSSR count). The number of amides is 2. The van der Waals surface area contributed by atoms with Gasteiger partial charge in [0.1, 0.15) is 18.0 Å². The quantitative estimate of drug-likeness (QED) is 0.138. The Bertz CT molecular complexity index is 1870. The zero-order chi connectivity index (χ0) is 34.2. The lowest BCUT2D eigenvalue weighted by atomic mass is 10.2. The molecule has 10 nitrogen and oxygen atoms in total. The van der Waals surface area contributed by atoms with Crippen LogP contribution in [0, 0.1) is 6.92 Å². The second-order valence-electron chi connectivity index (χ2n) is 9.89. The summed E-state index contributed by atoms with van der Waals surface area (Å²) >= 11 is 5.73. The van der Waals surface area contributed by atoms with Crippen molar-refractivity contribution in [1.29, 1.82) is 0 Å². The average molecular weight is 689 g/mol. The number of para-hydroxylation sites is 2. The van der Waals surface area contributed by atoms with Gasteiger partial charge in [0.05, 0.1) is 40.2 Å². The zero-order valence-electron chi connectivity index (χ0n) is 24.9. The molecular formula is C32H28ClF3N4O6S. The molecule has 0 bridgehead atoms. The molecule has 0 saturated heterocycles. The molecule has 0 saturated carbocycles. The molecule has 0 aliphatic heterocycles. The number of carbonyl (C=O) groups excluding carboxylic acids is 2. The number of anilines is 2. The first-order valence-electron chi connectivity index (χ1n) is 13.7. The van der Waals surface area contributed by atoms with E-state index in [1.54, 1.807) is 55.5 Å². The summed E-state index contributed by atoms with van der Waals surface area (Å²) < 4.78 is 79.0. The number of hydrogen-bond donors (Lipinski definition) is 2. The fourth-order valence-electron chi connectivity index (χ4n) is 4.12. The van der Waals surface area contributed by atoms with Gasteiger partial charge in [0.15, 0.2) is 6.61 Å². The van der Waals surface area contributed by atoms with Crippen LogP contribution in [0.4, 0.5) is 24.5 Å². The van der Waals surface area contributed by atoms with Crippen molar-refractivity contribution in [3.05, 3.63) is 113 Å². The van der Waals surface area contributed by atoms with Gasteiger partial charge in [-0.05, 0) is 79.2 Å². The van der Waals surface area contributed by atoms with Gasteiger partial charge in [-0.2, -0.15) is 18.3 Å². The average Bonchev–Trinajstić information content (AvgIpc) is 3.03. The SMILES string of the molecule is COc1ccccc1NC(=O)COc1ccc(/C=N\NC(=O)CN(c2ccc(Cl)c(C(F)(F)F)c2)S(=O)(=O)c2ccc(C)cc2)cc1. The van der Waals surface area contributed by atoms with Crippen molar-refractivity contribution in [3.8, 4) is 11.5 Å². The van der Waals surface area contributed by atoms with Crippen LogP contribution in [0.1, 0.15) is 16.7 Å². The number of aryl methyl sites for hydroxylation is 1. The van der Waals surface area contributed by atoms with Gasteiger partial charge in [-0.15, -0.1) is 0 Å². The van der Waals surface area contributed by atoms with Gasteiger partial charge in [0.25, 0.3) is 21.8 Å². The molecule has 0 aliphatic carbocycles. The van der Waals surface area contributed by atoms with Crippen molar-refractivity contribution < 1.29 is 40.7 Å². The summed E-state index contributed by atoms with van der Waals surface area (Å²) in [6, 6.07) is 21.4. The Hall–Kier alpha value is -5.08. The lowest BCUT2D eigenvalue weighted by molar-refractivity contribution is -0.137. The summed E-state index contributed by atoms with van der Waals surface area (Å²) in [6.45, 7) is 0.566. The summed E-state index contributed by atoms with van der Waals surface area (Å²) in [6.07, 6.45) is -3.61. The van der Waals surface area contributed by atoms with Crippen LogP contribution < -0.4 is 24.5 Å². The highest BCUT2D eigenvalue weighted by Gasteiger charge is 2.35. The van der Waals surface area contributed by atoms with Crippen LogP contribution in [0.25, 0.3) is 0 Å². The lowest BCUT2D eigenvalue weighted by Gasteiger charge is -2.25. The number of hydrazone groups is 1. The first-order chi connectivity index (χ1) is 22.3. The third-order valence-electron chi connectivity index (χ3n) is 6.47. The number of halogens is 4. The minimum Gasteiger partial charge on any atom is -0.495 e. The Labute approximate surface area is 273 Å². The normalized spacial score (nSPS) is 11.6. The Morgan fingerprint density at radius 1 is 0.957 bits per heavy atom. The molecule has 0 spiro atoms. The summed E-state index contributed by atoms with van der Waals surface area (Å²) in [4.78, 5) is 24.9. The van der Waals surface area contributed by atoms with Gasteiger partial charge in [-0.25, -0.2) is 13.8 Å². The Morgan fingerprint density at radius 2 is 1.64 bits per heavy atom. The molecular weight excluding hydrogens is 661 g/mol. The number of benzene rings is 4. The van der Waals surface area contributed by atoms with E-state index in [4.69, 9.17) is 21.1 Å². The van der Waals surface area contributed by atoms with E-state index in [0.29, 0.717) is 33.1 Å². The standard InChI is InChI=1S/C32H28ClF3N4O6S/c1-21-7-14-25(15-8-21)47(43,44)40(23-11-16-27(33)26(17-23)32(34,35)36)19-30(41)39-37-18-22-9-12-24(13-10-22)46-20-31(42)38-28-5-3-4-6-29(28)45-2/h3-18H,19-20H2,1-2H3,(H,38,42)(H,39,41)/b37-18-. The molecule has 15 heteroatoms. The van der Waals surface area contributed by atoms with Crippen molar-refractivity contribution in [2.24, 2.45) is 5.10 Å². The van der Waals surface area contributed by atoms with Crippen molar-refractivity contribution >= 4 is 51.0 Å². The molecule has 4 aromatic carbocycles. The minimum absolute atomic E-state index is 0.234. The van der Waals surface area contributed by atoms with E-state index in [0.717, 1.165) is 17.7 Å².